The summed E-state index contributed by atoms with van der Waals surface area (Å²) in [5.74, 6) is 0.296. The van der Waals surface area contributed by atoms with E-state index in [-0.39, 0.29) is 16.5 Å². The fourth-order valence-corrected chi connectivity index (χ4v) is 1.78. The number of hydrogen-bond donors (Lipinski definition) is 1. The molecule has 14 heavy (non-hydrogen) atoms. The molecule has 0 radical (unpaired) electrons. The van der Waals surface area contributed by atoms with Gasteiger partial charge in [-0.05, 0) is 0 Å². The molecule has 0 aliphatic rings. The molecule has 0 unspecified atom stereocenters. The lowest BCUT2D eigenvalue weighted by Crippen LogP contribution is -2.09. The fourth-order valence-electron chi connectivity index (χ4n) is 1.07. The zero-order valence-electron chi connectivity index (χ0n) is 7.25. The van der Waals surface area contributed by atoms with Crippen LogP contribution in [0.25, 0.3) is 5.78 Å². The fraction of sp³-hybridized carbons (Fsp3) is 0.167. The molecule has 0 saturated heterocycles. The smallest absolute Gasteiger partial charge is 0.254 e. The first-order valence-corrected chi connectivity index (χ1v) is 5.53. The minimum Gasteiger partial charge on any atom is -0.382 e. The van der Waals surface area contributed by atoms with Crippen LogP contribution in [0.1, 0.15) is 0 Å². The highest BCUT2D eigenvalue weighted by molar-refractivity contribution is 7.90. The van der Waals surface area contributed by atoms with Crippen molar-refractivity contribution in [1.29, 1.82) is 0 Å². The summed E-state index contributed by atoms with van der Waals surface area (Å²) in [5.41, 5.74) is 5.59. The SMILES string of the molecule is CS(=O)(=O)c1cnc2ncnn2c1N. The molecular weight excluding hydrogens is 206 g/mol. The summed E-state index contributed by atoms with van der Waals surface area (Å²) in [5, 5.41) is 3.75. The largest absolute Gasteiger partial charge is 0.382 e. The first-order chi connectivity index (χ1) is 6.50. The number of nitrogen functional groups attached to an aromatic ring is 1. The second-order valence-electron chi connectivity index (χ2n) is 2.75. The third-order valence-electron chi connectivity index (χ3n) is 1.71. The maximum absolute atomic E-state index is 11.2. The van der Waals surface area contributed by atoms with Crippen molar-refractivity contribution in [2.24, 2.45) is 0 Å². The minimum atomic E-state index is -3.38. The lowest BCUT2D eigenvalue weighted by Gasteiger charge is -2.02. The molecule has 0 fully saturated rings. The van der Waals surface area contributed by atoms with Gasteiger partial charge < -0.3 is 5.73 Å². The van der Waals surface area contributed by atoms with Gasteiger partial charge in [0.2, 0.25) is 0 Å². The van der Waals surface area contributed by atoms with Crippen molar-refractivity contribution in [3.8, 4) is 0 Å². The Bertz CT molecular complexity index is 587. The Labute approximate surface area is 79.5 Å². The summed E-state index contributed by atoms with van der Waals surface area (Å²) in [7, 11) is -3.38. The molecule has 0 amide bonds. The summed E-state index contributed by atoms with van der Waals surface area (Å²) in [6.07, 6.45) is 3.49. The van der Waals surface area contributed by atoms with Crippen molar-refractivity contribution < 1.29 is 8.42 Å². The van der Waals surface area contributed by atoms with E-state index in [0.717, 1.165) is 6.26 Å². The maximum Gasteiger partial charge on any atom is 0.254 e. The first kappa shape index (κ1) is 8.88. The number of aromatic nitrogens is 4. The Morgan fingerprint density at radius 2 is 2.14 bits per heavy atom. The van der Waals surface area contributed by atoms with Crippen molar-refractivity contribution in [2.75, 3.05) is 12.0 Å². The maximum atomic E-state index is 11.2. The summed E-state index contributed by atoms with van der Waals surface area (Å²) in [6.45, 7) is 0. The van der Waals surface area contributed by atoms with E-state index in [1.54, 1.807) is 0 Å². The summed E-state index contributed by atoms with van der Waals surface area (Å²) < 4.78 is 23.7. The predicted molar refractivity (Wildman–Crippen MR) is 48.3 cm³/mol. The van der Waals surface area contributed by atoms with Gasteiger partial charge in [0.25, 0.3) is 5.78 Å². The van der Waals surface area contributed by atoms with E-state index in [2.05, 4.69) is 15.1 Å². The number of hydrogen-bond acceptors (Lipinski definition) is 6. The zero-order valence-corrected chi connectivity index (χ0v) is 8.06. The van der Waals surface area contributed by atoms with Gasteiger partial charge in [0, 0.05) is 6.26 Å². The topological polar surface area (TPSA) is 103 Å². The molecule has 0 bridgehead atoms. The third-order valence-corrected chi connectivity index (χ3v) is 2.82. The van der Waals surface area contributed by atoms with Crippen molar-refractivity contribution in [3.63, 3.8) is 0 Å². The number of nitrogens with zero attached hydrogens (tertiary/aromatic N) is 4. The summed E-state index contributed by atoms with van der Waals surface area (Å²) >= 11 is 0. The van der Waals surface area contributed by atoms with Crippen LogP contribution in [0.5, 0.6) is 0 Å². The molecule has 0 aliphatic carbocycles. The minimum absolute atomic E-state index is 0.0231. The van der Waals surface area contributed by atoms with Crippen LogP contribution in [0.4, 0.5) is 5.82 Å². The lowest BCUT2D eigenvalue weighted by molar-refractivity contribution is 0.601. The molecule has 0 aromatic carbocycles. The van der Waals surface area contributed by atoms with E-state index >= 15 is 0 Å². The van der Waals surface area contributed by atoms with Crippen LogP contribution in [-0.4, -0.2) is 34.3 Å². The molecular formula is C6H7N5O2S. The van der Waals surface area contributed by atoms with Crippen LogP contribution in [0, 0.1) is 0 Å². The summed E-state index contributed by atoms with van der Waals surface area (Å²) in [4.78, 5) is 7.52. The Kier molecular flexibility index (Phi) is 1.68. The molecule has 8 heteroatoms. The molecule has 2 aromatic heterocycles. The van der Waals surface area contributed by atoms with Gasteiger partial charge in [-0.3, -0.25) is 0 Å². The Morgan fingerprint density at radius 3 is 2.79 bits per heavy atom. The Morgan fingerprint density at radius 1 is 1.43 bits per heavy atom. The van der Waals surface area contributed by atoms with Gasteiger partial charge in [0.15, 0.2) is 9.84 Å². The van der Waals surface area contributed by atoms with Crippen LogP contribution in [0.2, 0.25) is 0 Å². The molecule has 2 N–H and O–H groups in total. The average Bonchev–Trinajstić information content (AvgIpc) is 2.50. The van der Waals surface area contributed by atoms with Gasteiger partial charge in [0.1, 0.15) is 17.0 Å². The first-order valence-electron chi connectivity index (χ1n) is 3.64. The second kappa shape index (κ2) is 2.64. The third kappa shape index (κ3) is 1.20. The molecule has 2 aromatic rings. The van der Waals surface area contributed by atoms with Gasteiger partial charge in [-0.1, -0.05) is 0 Å². The molecule has 0 aliphatic heterocycles. The Hall–Kier alpha value is -1.70. The molecule has 7 nitrogen and oxygen atoms in total. The van der Waals surface area contributed by atoms with Crippen LogP contribution in [0.15, 0.2) is 17.4 Å². The molecule has 0 atom stereocenters. The number of rotatable bonds is 1. The van der Waals surface area contributed by atoms with Gasteiger partial charge in [-0.2, -0.15) is 14.6 Å². The monoisotopic (exact) mass is 213 g/mol. The van der Waals surface area contributed by atoms with E-state index in [9.17, 15) is 8.42 Å². The van der Waals surface area contributed by atoms with E-state index in [1.165, 1.54) is 17.0 Å². The van der Waals surface area contributed by atoms with Crippen LogP contribution >= 0.6 is 0 Å². The van der Waals surface area contributed by atoms with Crippen LogP contribution < -0.4 is 5.73 Å². The van der Waals surface area contributed by atoms with Gasteiger partial charge in [-0.25, -0.2) is 13.4 Å². The van der Waals surface area contributed by atoms with Crippen molar-refractivity contribution >= 4 is 21.4 Å². The van der Waals surface area contributed by atoms with Crippen LogP contribution in [-0.2, 0) is 9.84 Å². The van der Waals surface area contributed by atoms with E-state index in [1.807, 2.05) is 0 Å². The van der Waals surface area contributed by atoms with Crippen molar-refractivity contribution in [2.45, 2.75) is 4.90 Å². The van der Waals surface area contributed by atoms with E-state index < -0.39 is 9.84 Å². The highest BCUT2D eigenvalue weighted by Crippen LogP contribution is 2.16. The normalized spacial score (nSPS) is 12.1. The zero-order chi connectivity index (χ0) is 10.3. The standard InChI is InChI=1S/C6H7N5O2S/c1-14(12,13)4-2-8-6-9-3-10-11(6)5(4)7/h2-3H,7H2,1H3. The summed E-state index contributed by atoms with van der Waals surface area (Å²) in [6, 6.07) is 0. The quantitative estimate of drug-likeness (QED) is 0.659. The number of anilines is 1. The predicted octanol–water partition coefficient (Wildman–Crippen LogP) is -0.890. The molecule has 0 saturated carbocycles. The average molecular weight is 213 g/mol. The highest BCUT2D eigenvalue weighted by Gasteiger charge is 2.15. The van der Waals surface area contributed by atoms with Crippen molar-refractivity contribution in [3.05, 3.63) is 12.5 Å². The van der Waals surface area contributed by atoms with E-state index in [0.29, 0.717) is 0 Å². The van der Waals surface area contributed by atoms with Crippen molar-refractivity contribution in [1.82, 2.24) is 19.6 Å². The number of sulfone groups is 1. The van der Waals surface area contributed by atoms with Gasteiger partial charge in [-0.15, -0.1) is 0 Å². The van der Waals surface area contributed by atoms with E-state index in [4.69, 9.17) is 5.73 Å². The van der Waals surface area contributed by atoms with Crippen LogP contribution in [0.3, 0.4) is 0 Å². The van der Waals surface area contributed by atoms with Gasteiger partial charge in [0.05, 0.1) is 6.20 Å². The number of nitrogens with two attached hydrogens (primary N) is 1. The van der Waals surface area contributed by atoms with Gasteiger partial charge >= 0.3 is 0 Å². The molecule has 0 spiro atoms. The molecule has 74 valence electrons. The molecule has 2 rings (SSSR count). The lowest BCUT2D eigenvalue weighted by atomic mass is 10.6. The molecule has 2 heterocycles. The number of fused-ring (bicyclic) bond motifs is 1. The highest BCUT2D eigenvalue weighted by atomic mass is 32.2. The Balaban J connectivity index is 2.88. The second-order valence-corrected chi connectivity index (χ2v) is 4.74.